The molecule has 1 atom stereocenters. The highest BCUT2D eigenvalue weighted by atomic mass is 35.5. The zero-order chi connectivity index (χ0) is 14.0. The van der Waals surface area contributed by atoms with Gasteiger partial charge in [-0.1, -0.05) is 0 Å². The van der Waals surface area contributed by atoms with Crippen LogP contribution in [0.2, 0.25) is 0 Å². The van der Waals surface area contributed by atoms with E-state index in [4.69, 9.17) is 21.1 Å². The monoisotopic (exact) mass is 283 g/mol. The average molecular weight is 284 g/mol. The Labute approximate surface area is 116 Å². The molecule has 0 N–H and O–H groups in total. The SMILES string of the molecule is COCN1C(=O)COc2ccc(C(=O)C(C)Cl)cc21. The Morgan fingerprint density at radius 2 is 2.32 bits per heavy atom. The molecular formula is C13H14ClNO4. The van der Waals surface area contributed by atoms with Crippen molar-refractivity contribution < 1.29 is 19.1 Å². The van der Waals surface area contributed by atoms with Crippen LogP contribution in [0.5, 0.6) is 5.75 Å². The van der Waals surface area contributed by atoms with Crippen molar-refractivity contribution in [2.24, 2.45) is 0 Å². The molecule has 1 amide bonds. The lowest BCUT2D eigenvalue weighted by atomic mass is 10.1. The van der Waals surface area contributed by atoms with Gasteiger partial charge in [-0.3, -0.25) is 14.5 Å². The number of carbonyl (C=O) groups is 2. The first-order valence-electron chi connectivity index (χ1n) is 5.79. The van der Waals surface area contributed by atoms with Gasteiger partial charge in [0.15, 0.2) is 12.4 Å². The fourth-order valence-corrected chi connectivity index (χ4v) is 1.98. The maximum atomic E-state index is 11.9. The Hall–Kier alpha value is -1.59. The number of hydrogen-bond acceptors (Lipinski definition) is 4. The molecule has 0 bridgehead atoms. The van der Waals surface area contributed by atoms with Crippen molar-refractivity contribution >= 4 is 29.0 Å². The highest BCUT2D eigenvalue weighted by Crippen LogP contribution is 2.33. The van der Waals surface area contributed by atoms with Crippen LogP contribution in [0.3, 0.4) is 0 Å². The van der Waals surface area contributed by atoms with Gasteiger partial charge in [0.25, 0.3) is 5.91 Å². The molecule has 0 aromatic heterocycles. The number of ketones is 1. The van der Waals surface area contributed by atoms with Crippen LogP contribution < -0.4 is 9.64 Å². The fourth-order valence-electron chi connectivity index (χ4n) is 1.86. The minimum Gasteiger partial charge on any atom is -0.482 e. The number of Topliss-reactive ketones (excluding diaryl/α,β-unsaturated/α-hetero) is 1. The maximum Gasteiger partial charge on any atom is 0.266 e. The predicted octanol–water partition coefficient (Wildman–Crippen LogP) is 1.83. The standard InChI is InChI=1S/C13H14ClNO4/c1-8(14)13(17)9-3-4-11-10(5-9)15(7-18-2)12(16)6-19-11/h3-5,8H,6-7H2,1-2H3. The molecule has 0 fully saturated rings. The third kappa shape index (κ3) is 2.72. The first kappa shape index (κ1) is 13.8. The summed E-state index contributed by atoms with van der Waals surface area (Å²) >= 11 is 5.79. The largest absolute Gasteiger partial charge is 0.482 e. The number of ether oxygens (including phenoxy) is 2. The van der Waals surface area contributed by atoms with Gasteiger partial charge in [0.1, 0.15) is 12.5 Å². The lowest BCUT2D eigenvalue weighted by molar-refractivity contribution is -0.122. The summed E-state index contributed by atoms with van der Waals surface area (Å²) in [6.45, 7) is 1.69. The zero-order valence-electron chi connectivity index (χ0n) is 10.7. The van der Waals surface area contributed by atoms with E-state index >= 15 is 0 Å². The summed E-state index contributed by atoms with van der Waals surface area (Å²) in [4.78, 5) is 25.1. The number of carbonyl (C=O) groups excluding carboxylic acids is 2. The van der Waals surface area contributed by atoms with Crippen LogP contribution in [0.25, 0.3) is 0 Å². The molecule has 0 saturated heterocycles. The predicted molar refractivity (Wildman–Crippen MR) is 70.9 cm³/mol. The number of benzene rings is 1. The average Bonchev–Trinajstić information content (AvgIpc) is 2.40. The van der Waals surface area contributed by atoms with Gasteiger partial charge in [0, 0.05) is 12.7 Å². The number of rotatable bonds is 4. The van der Waals surface area contributed by atoms with E-state index in [2.05, 4.69) is 0 Å². The molecule has 1 unspecified atom stereocenters. The topological polar surface area (TPSA) is 55.8 Å². The first-order chi connectivity index (χ1) is 9.04. The van der Waals surface area contributed by atoms with Gasteiger partial charge < -0.3 is 9.47 Å². The molecular weight excluding hydrogens is 270 g/mol. The molecule has 1 aliphatic heterocycles. The molecule has 1 heterocycles. The summed E-state index contributed by atoms with van der Waals surface area (Å²) in [6, 6.07) is 4.91. The molecule has 6 heteroatoms. The van der Waals surface area contributed by atoms with Crippen molar-refractivity contribution in [1.82, 2.24) is 0 Å². The summed E-state index contributed by atoms with van der Waals surface area (Å²) in [7, 11) is 1.50. The van der Waals surface area contributed by atoms with E-state index < -0.39 is 5.38 Å². The minimum atomic E-state index is -0.617. The maximum absolute atomic E-state index is 11.9. The number of fused-ring (bicyclic) bond motifs is 1. The third-order valence-electron chi connectivity index (χ3n) is 2.81. The second-order valence-electron chi connectivity index (χ2n) is 4.19. The van der Waals surface area contributed by atoms with E-state index in [0.29, 0.717) is 17.0 Å². The minimum absolute atomic E-state index is 0.0322. The number of anilines is 1. The molecule has 0 saturated carbocycles. The van der Waals surface area contributed by atoms with Crippen LogP contribution in [-0.4, -0.2) is 37.5 Å². The fraction of sp³-hybridized carbons (Fsp3) is 0.385. The van der Waals surface area contributed by atoms with Crippen LogP contribution >= 0.6 is 11.6 Å². The van der Waals surface area contributed by atoms with Gasteiger partial charge in [-0.25, -0.2) is 0 Å². The Bertz CT molecular complexity index is 515. The Morgan fingerprint density at radius 1 is 1.58 bits per heavy atom. The van der Waals surface area contributed by atoms with Crippen molar-refractivity contribution in [2.75, 3.05) is 25.3 Å². The van der Waals surface area contributed by atoms with Crippen molar-refractivity contribution in [3.63, 3.8) is 0 Å². The van der Waals surface area contributed by atoms with Crippen LogP contribution in [-0.2, 0) is 9.53 Å². The molecule has 19 heavy (non-hydrogen) atoms. The van der Waals surface area contributed by atoms with Gasteiger partial charge in [-0.2, -0.15) is 0 Å². The molecule has 2 rings (SSSR count). The van der Waals surface area contributed by atoms with E-state index in [0.717, 1.165) is 0 Å². The van der Waals surface area contributed by atoms with E-state index in [1.54, 1.807) is 25.1 Å². The van der Waals surface area contributed by atoms with E-state index in [9.17, 15) is 9.59 Å². The van der Waals surface area contributed by atoms with Crippen LogP contribution in [0.4, 0.5) is 5.69 Å². The summed E-state index contributed by atoms with van der Waals surface area (Å²) in [5, 5.41) is -0.617. The lowest BCUT2D eigenvalue weighted by Crippen LogP contribution is -2.40. The van der Waals surface area contributed by atoms with Crippen molar-refractivity contribution in [3.8, 4) is 5.75 Å². The number of nitrogens with zero attached hydrogens (tertiary/aromatic N) is 1. The molecule has 0 spiro atoms. The van der Waals surface area contributed by atoms with E-state index in [-0.39, 0.29) is 25.0 Å². The van der Waals surface area contributed by atoms with E-state index in [1.807, 2.05) is 0 Å². The van der Waals surface area contributed by atoms with Gasteiger partial charge in [0.2, 0.25) is 0 Å². The van der Waals surface area contributed by atoms with Gasteiger partial charge in [0.05, 0.1) is 11.1 Å². The molecule has 0 aliphatic carbocycles. The second kappa shape index (κ2) is 5.59. The molecule has 0 radical (unpaired) electrons. The zero-order valence-corrected chi connectivity index (χ0v) is 11.4. The molecule has 1 aromatic rings. The normalized spacial score (nSPS) is 15.7. The molecule has 5 nitrogen and oxygen atoms in total. The van der Waals surface area contributed by atoms with Crippen LogP contribution in [0, 0.1) is 0 Å². The molecule has 1 aromatic carbocycles. The number of halogens is 1. The summed E-state index contributed by atoms with van der Waals surface area (Å²) in [5.41, 5.74) is 0.974. The second-order valence-corrected chi connectivity index (χ2v) is 4.85. The highest BCUT2D eigenvalue weighted by molar-refractivity contribution is 6.33. The summed E-state index contributed by atoms with van der Waals surface area (Å²) in [5.74, 6) is 0.146. The quantitative estimate of drug-likeness (QED) is 0.625. The van der Waals surface area contributed by atoms with Gasteiger partial charge in [-0.05, 0) is 25.1 Å². The summed E-state index contributed by atoms with van der Waals surface area (Å²) in [6.07, 6.45) is 0. The van der Waals surface area contributed by atoms with E-state index in [1.165, 1.54) is 12.0 Å². The van der Waals surface area contributed by atoms with Crippen molar-refractivity contribution in [3.05, 3.63) is 23.8 Å². The molecule has 1 aliphatic rings. The Balaban J connectivity index is 2.41. The van der Waals surface area contributed by atoms with Crippen LogP contribution in [0.1, 0.15) is 17.3 Å². The highest BCUT2D eigenvalue weighted by Gasteiger charge is 2.26. The van der Waals surface area contributed by atoms with Gasteiger partial charge in [-0.15, -0.1) is 11.6 Å². The molecule has 102 valence electrons. The number of alkyl halides is 1. The van der Waals surface area contributed by atoms with Crippen molar-refractivity contribution in [2.45, 2.75) is 12.3 Å². The van der Waals surface area contributed by atoms with Crippen molar-refractivity contribution in [1.29, 1.82) is 0 Å². The number of methoxy groups -OCH3 is 1. The smallest absolute Gasteiger partial charge is 0.266 e. The first-order valence-corrected chi connectivity index (χ1v) is 6.22. The third-order valence-corrected chi connectivity index (χ3v) is 3.00. The summed E-state index contributed by atoms with van der Waals surface area (Å²) < 4.78 is 10.3. The Morgan fingerprint density at radius 3 is 2.95 bits per heavy atom. The number of amides is 1. The Kier molecular flexibility index (Phi) is 4.07. The lowest BCUT2D eigenvalue weighted by Gasteiger charge is -2.29. The van der Waals surface area contributed by atoms with Crippen LogP contribution in [0.15, 0.2) is 18.2 Å². The number of hydrogen-bond donors (Lipinski definition) is 0. The van der Waals surface area contributed by atoms with Gasteiger partial charge >= 0.3 is 0 Å².